The van der Waals surface area contributed by atoms with Crippen molar-refractivity contribution in [1.29, 1.82) is 5.26 Å². The average molecular weight is 448 g/mol. The van der Waals surface area contributed by atoms with E-state index in [9.17, 15) is 0 Å². The van der Waals surface area contributed by atoms with E-state index in [0.717, 1.165) is 47.7 Å². The zero-order chi connectivity index (χ0) is 21.0. The van der Waals surface area contributed by atoms with Gasteiger partial charge in [-0.05, 0) is 86.4 Å². The zero-order valence-corrected chi connectivity index (χ0v) is 19.2. The second-order valence-corrected chi connectivity index (χ2v) is 9.01. The number of nitrogens with one attached hydrogen (secondary N) is 1. The van der Waals surface area contributed by atoms with Gasteiger partial charge in [-0.1, -0.05) is 18.2 Å². The van der Waals surface area contributed by atoms with Crippen LogP contribution in [-0.4, -0.2) is 34.0 Å². The smallest absolute Gasteiger partial charge is 0.137 e. The van der Waals surface area contributed by atoms with Crippen LogP contribution in [-0.2, 0) is 13.0 Å². The summed E-state index contributed by atoms with van der Waals surface area (Å²) in [6, 6.07) is 17.2. The molecule has 3 aromatic rings. The Morgan fingerprint density at radius 1 is 1.03 bits per heavy atom. The molecule has 6 heteroatoms. The van der Waals surface area contributed by atoms with Crippen LogP contribution >= 0.6 is 12.4 Å². The molecule has 1 N–H and O–H groups in total. The number of halogens is 1. The normalized spacial score (nSPS) is 20.7. The van der Waals surface area contributed by atoms with Crippen LogP contribution in [0.15, 0.2) is 48.8 Å². The molecular formula is C26H30ClN5. The molecule has 1 aliphatic carbocycles. The summed E-state index contributed by atoms with van der Waals surface area (Å²) in [5.74, 6) is 1.79. The molecule has 0 amide bonds. The summed E-state index contributed by atoms with van der Waals surface area (Å²) < 4.78 is 0. The lowest BCUT2D eigenvalue weighted by Crippen LogP contribution is -2.33. The van der Waals surface area contributed by atoms with Crippen LogP contribution in [0.5, 0.6) is 0 Å². The van der Waals surface area contributed by atoms with Gasteiger partial charge in [0.15, 0.2) is 0 Å². The molecule has 2 heterocycles. The maximum Gasteiger partial charge on any atom is 0.137 e. The van der Waals surface area contributed by atoms with Crippen molar-refractivity contribution in [3.8, 4) is 6.07 Å². The fourth-order valence-corrected chi connectivity index (χ4v) is 5.15. The number of fused-ring (bicyclic) bond motifs is 2. The maximum absolute atomic E-state index is 9.10. The summed E-state index contributed by atoms with van der Waals surface area (Å²) in [4.78, 5) is 11.5. The number of rotatable bonds is 5. The number of hydrogen-bond acceptors (Lipinski definition) is 5. The van der Waals surface area contributed by atoms with Crippen molar-refractivity contribution < 1.29 is 0 Å². The van der Waals surface area contributed by atoms with Gasteiger partial charge in [0.05, 0.1) is 17.1 Å². The highest BCUT2D eigenvalue weighted by Crippen LogP contribution is 2.30. The predicted octanol–water partition coefficient (Wildman–Crippen LogP) is 5.34. The number of nitriles is 1. The summed E-state index contributed by atoms with van der Waals surface area (Å²) in [5.41, 5.74) is 4.54. The minimum atomic E-state index is 0. The third kappa shape index (κ3) is 5.03. The van der Waals surface area contributed by atoms with Crippen molar-refractivity contribution in [2.75, 3.05) is 18.4 Å². The van der Waals surface area contributed by atoms with E-state index >= 15 is 0 Å². The van der Waals surface area contributed by atoms with E-state index in [1.165, 1.54) is 49.8 Å². The Morgan fingerprint density at radius 2 is 1.88 bits per heavy atom. The lowest BCUT2D eigenvalue weighted by molar-refractivity contribution is 0.214. The van der Waals surface area contributed by atoms with Crippen molar-refractivity contribution >= 4 is 29.1 Å². The van der Waals surface area contributed by atoms with Gasteiger partial charge in [0.2, 0.25) is 0 Å². The molecular weight excluding hydrogens is 418 g/mol. The third-order valence-corrected chi connectivity index (χ3v) is 7.01. The fraction of sp³-hybridized carbons (Fsp3) is 0.423. The molecule has 1 saturated carbocycles. The quantitative estimate of drug-likeness (QED) is 0.571. The third-order valence-electron chi connectivity index (χ3n) is 7.01. The molecule has 0 bridgehead atoms. The molecule has 1 fully saturated rings. The molecule has 0 atom stereocenters. The van der Waals surface area contributed by atoms with Gasteiger partial charge < -0.3 is 5.32 Å². The maximum atomic E-state index is 9.10. The van der Waals surface area contributed by atoms with Crippen LogP contribution in [0.3, 0.4) is 0 Å². The summed E-state index contributed by atoms with van der Waals surface area (Å²) in [6.45, 7) is 3.32. The Labute approximate surface area is 196 Å². The molecule has 0 spiro atoms. The number of anilines is 1. The van der Waals surface area contributed by atoms with Gasteiger partial charge in [0, 0.05) is 24.5 Å². The molecule has 1 aliphatic heterocycles. The van der Waals surface area contributed by atoms with Gasteiger partial charge in [0.25, 0.3) is 0 Å². The lowest BCUT2D eigenvalue weighted by atomic mass is 9.84. The summed E-state index contributed by atoms with van der Waals surface area (Å²) in [6.07, 6.45) is 9.01. The number of benzene rings is 2. The first-order valence-electron chi connectivity index (χ1n) is 11.5. The van der Waals surface area contributed by atoms with Crippen molar-refractivity contribution in [1.82, 2.24) is 14.9 Å². The molecule has 0 radical (unpaired) electrons. The van der Waals surface area contributed by atoms with E-state index in [4.69, 9.17) is 5.26 Å². The van der Waals surface area contributed by atoms with Gasteiger partial charge >= 0.3 is 0 Å². The first-order chi connectivity index (χ1) is 15.3. The number of para-hydroxylation sites is 1. The van der Waals surface area contributed by atoms with Crippen LogP contribution in [0.2, 0.25) is 0 Å². The lowest BCUT2D eigenvalue weighted by Gasteiger charge is -2.33. The standard InChI is InChI=1S/C26H29N5.ClH/c27-16-20-5-8-22-17-31(14-12-21(22)15-20)13-11-19-6-9-23(10-7-19)30-26-24-3-1-2-4-25(24)28-18-29-26;/h1-5,8,15,18-19,23H,6-7,9-14,17H2,(H,28,29,30);1H. The molecule has 2 aliphatic rings. The molecule has 1 aromatic heterocycles. The second kappa shape index (κ2) is 10.3. The number of aromatic nitrogens is 2. The summed E-state index contributed by atoms with van der Waals surface area (Å²) >= 11 is 0. The van der Waals surface area contributed by atoms with Crippen molar-refractivity contribution in [2.24, 2.45) is 5.92 Å². The number of nitrogens with zero attached hydrogens (tertiary/aromatic N) is 4. The monoisotopic (exact) mass is 447 g/mol. The van der Waals surface area contributed by atoms with Gasteiger partial charge in [-0.15, -0.1) is 12.4 Å². The van der Waals surface area contributed by atoms with Crippen molar-refractivity contribution in [3.05, 3.63) is 65.5 Å². The highest BCUT2D eigenvalue weighted by molar-refractivity contribution is 5.88. The Kier molecular flexibility index (Phi) is 7.24. The highest BCUT2D eigenvalue weighted by Gasteiger charge is 2.23. The van der Waals surface area contributed by atoms with Crippen LogP contribution in [0.4, 0.5) is 5.82 Å². The Balaban J connectivity index is 0.00000245. The van der Waals surface area contributed by atoms with Crippen LogP contribution in [0, 0.1) is 17.2 Å². The molecule has 2 aromatic carbocycles. The van der Waals surface area contributed by atoms with Crippen molar-refractivity contribution in [2.45, 2.75) is 51.1 Å². The van der Waals surface area contributed by atoms with Crippen LogP contribution < -0.4 is 5.32 Å². The van der Waals surface area contributed by atoms with Crippen LogP contribution in [0.25, 0.3) is 10.9 Å². The molecule has 0 saturated heterocycles. The SMILES string of the molecule is Cl.N#Cc1ccc2c(c1)CCN(CCC1CCC(Nc3ncnc4ccccc34)CC1)C2. The molecule has 5 rings (SSSR count). The van der Waals surface area contributed by atoms with Crippen molar-refractivity contribution in [3.63, 3.8) is 0 Å². The fourth-order valence-electron chi connectivity index (χ4n) is 5.15. The van der Waals surface area contributed by atoms with Gasteiger partial charge in [0.1, 0.15) is 12.1 Å². The van der Waals surface area contributed by atoms with Gasteiger partial charge in [-0.2, -0.15) is 5.26 Å². The minimum absolute atomic E-state index is 0. The van der Waals surface area contributed by atoms with E-state index in [0.29, 0.717) is 6.04 Å². The topological polar surface area (TPSA) is 64.8 Å². The Morgan fingerprint density at radius 3 is 2.72 bits per heavy atom. The predicted molar refractivity (Wildman–Crippen MR) is 131 cm³/mol. The van der Waals surface area contributed by atoms with Gasteiger partial charge in [-0.25, -0.2) is 9.97 Å². The first-order valence-corrected chi connectivity index (χ1v) is 11.5. The second-order valence-electron chi connectivity index (χ2n) is 9.01. The Hall–Kier alpha value is -2.68. The molecule has 5 nitrogen and oxygen atoms in total. The first kappa shape index (κ1) is 22.5. The molecule has 32 heavy (non-hydrogen) atoms. The van der Waals surface area contributed by atoms with E-state index < -0.39 is 0 Å². The molecule has 0 unspecified atom stereocenters. The highest BCUT2D eigenvalue weighted by atomic mass is 35.5. The summed E-state index contributed by atoms with van der Waals surface area (Å²) in [5, 5.41) is 13.9. The van der Waals surface area contributed by atoms with Gasteiger partial charge in [-0.3, -0.25) is 4.90 Å². The Bertz CT molecular complexity index is 1100. The summed E-state index contributed by atoms with van der Waals surface area (Å²) in [7, 11) is 0. The molecule has 166 valence electrons. The average Bonchev–Trinajstić information content (AvgIpc) is 2.83. The van der Waals surface area contributed by atoms with E-state index in [1.54, 1.807) is 6.33 Å². The van der Waals surface area contributed by atoms with E-state index in [-0.39, 0.29) is 12.4 Å². The van der Waals surface area contributed by atoms with Crippen LogP contribution in [0.1, 0.15) is 48.8 Å². The zero-order valence-electron chi connectivity index (χ0n) is 18.3. The largest absolute Gasteiger partial charge is 0.367 e. The van der Waals surface area contributed by atoms with E-state index in [1.807, 2.05) is 18.2 Å². The minimum Gasteiger partial charge on any atom is -0.367 e. The number of hydrogen-bond donors (Lipinski definition) is 1. The van der Waals surface area contributed by atoms with E-state index in [2.05, 4.69) is 50.5 Å².